The van der Waals surface area contributed by atoms with Gasteiger partial charge in [-0.2, -0.15) is 0 Å². The van der Waals surface area contributed by atoms with Crippen molar-refractivity contribution in [1.29, 1.82) is 0 Å². The summed E-state index contributed by atoms with van der Waals surface area (Å²) in [5.41, 5.74) is 2.55. The van der Waals surface area contributed by atoms with E-state index in [0.29, 0.717) is 16.3 Å². The lowest BCUT2D eigenvalue weighted by Crippen LogP contribution is -2.19. The van der Waals surface area contributed by atoms with Crippen molar-refractivity contribution >= 4 is 23.4 Å². The lowest BCUT2D eigenvalue weighted by atomic mass is 10.1. The van der Waals surface area contributed by atoms with Crippen LogP contribution in [0.25, 0.3) is 11.1 Å². The van der Waals surface area contributed by atoms with Crippen LogP contribution in [0.5, 0.6) is 5.75 Å². The molecule has 0 bridgehead atoms. The third-order valence-electron chi connectivity index (χ3n) is 3.83. The summed E-state index contributed by atoms with van der Waals surface area (Å²) in [5.74, 6) is -0.386. The lowest BCUT2D eigenvalue weighted by molar-refractivity contribution is -0.144. The van der Waals surface area contributed by atoms with Crippen molar-refractivity contribution < 1.29 is 19.1 Å². The van der Waals surface area contributed by atoms with E-state index in [4.69, 9.17) is 21.1 Å². The standard InChI is InChI=1S/C22H17ClO4/c23-19-8-4-7-18(13-19)21(24)14-27-22(25)15-26-20-11-9-17(10-12-20)16-5-2-1-3-6-16/h1-13H,14-15H2. The average molecular weight is 381 g/mol. The quantitative estimate of drug-likeness (QED) is 0.436. The number of ketones is 1. The maximum absolute atomic E-state index is 12.0. The highest BCUT2D eigenvalue weighted by Crippen LogP contribution is 2.22. The second-order valence-corrected chi connectivity index (χ2v) is 6.21. The van der Waals surface area contributed by atoms with Gasteiger partial charge in [-0.15, -0.1) is 0 Å². The van der Waals surface area contributed by atoms with E-state index in [1.54, 1.807) is 30.3 Å². The number of ether oxygens (including phenoxy) is 2. The third kappa shape index (κ3) is 5.43. The fraction of sp³-hybridized carbons (Fsp3) is 0.0909. The first kappa shape index (κ1) is 18.7. The molecule has 0 saturated heterocycles. The molecule has 136 valence electrons. The second-order valence-electron chi connectivity index (χ2n) is 5.77. The Balaban J connectivity index is 1.47. The van der Waals surface area contributed by atoms with Crippen molar-refractivity contribution in [2.75, 3.05) is 13.2 Å². The predicted molar refractivity (Wildman–Crippen MR) is 104 cm³/mol. The molecule has 0 radical (unpaired) electrons. The zero-order chi connectivity index (χ0) is 19.1. The number of rotatable bonds is 7. The fourth-order valence-corrected chi connectivity index (χ4v) is 2.64. The Morgan fingerprint density at radius 1 is 0.778 bits per heavy atom. The van der Waals surface area contributed by atoms with Crippen molar-refractivity contribution in [3.63, 3.8) is 0 Å². The largest absolute Gasteiger partial charge is 0.482 e. The minimum absolute atomic E-state index is 0.270. The van der Waals surface area contributed by atoms with Crippen LogP contribution in [0.1, 0.15) is 10.4 Å². The van der Waals surface area contributed by atoms with E-state index >= 15 is 0 Å². The van der Waals surface area contributed by atoms with Crippen LogP contribution in [0.15, 0.2) is 78.9 Å². The number of Topliss-reactive ketones (excluding diaryl/α,β-unsaturated/α-hetero) is 1. The van der Waals surface area contributed by atoms with Gasteiger partial charge in [-0.25, -0.2) is 4.79 Å². The summed E-state index contributed by atoms with van der Waals surface area (Å²) in [7, 11) is 0. The molecule has 4 nitrogen and oxygen atoms in total. The number of carbonyl (C=O) groups excluding carboxylic acids is 2. The average Bonchev–Trinajstić information content (AvgIpc) is 2.71. The molecule has 0 amide bonds. The Hall–Kier alpha value is -3.11. The Labute approximate surface area is 162 Å². The molecular formula is C22H17ClO4. The van der Waals surface area contributed by atoms with E-state index in [1.165, 1.54) is 6.07 Å². The normalized spacial score (nSPS) is 10.3. The van der Waals surface area contributed by atoms with Gasteiger partial charge in [0, 0.05) is 10.6 Å². The first-order valence-corrected chi connectivity index (χ1v) is 8.72. The van der Waals surface area contributed by atoms with Crippen LogP contribution in [0.3, 0.4) is 0 Å². The molecule has 0 aliphatic carbocycles. The molecule has 0 unspecified atom stereocenters. The topological polar surface area (TPSA) is 52.6 Å². The SMILES string of the molecule is O=C(COc1ccc(-c2ccccc2)cc1)OCC(=O)c1cccc(Cl)c1. The van der Waals surface area contributed by atoms with Gasteiger partial charge < -0.3 is 9.47 Å². The molecular weight excluding hydrogens is 364 g/mol. The maximum atomic E-state index is 12.0. The van der Waals surface area contributed by atoms with Crippen LogP contribution in [-0.2, 0) is 9.53 Å². The molecule has 0 heterocycles. The van der Waals surface area contributed by atoms with E-state index in [9.17, 15) is 9.59 Å². The third-order valence-corrected chi connectivity index (χ3v) is 4.06. The fourth-order valence-electron chi connectivity index (χ4n) is 2.45. The highest BCUT2D eigenvalue weighted by Gasteiger charge is 2.11. The number of hydrogen-bond acceptors (Lipinski definition) is 4. The molecule has 0 saturated carbocycles. The number of esters is 1. The zero-order valence-corrected chi connectivity index (χ0v) is 15.2. The molecule has 0 aromatic heterocycles. The summed E-state index contributed by atoms with van der Waals surface area (Å²) in [4.78, 5) is 23.8. The zero-order valence-electron chi connectivity index (χ0n) is 14.4. The van der Waals surface area contributed by atoms with Crippen LogP contribution in [0.2, 0.25) is 5.02 Å². The minimum Gasteiger partial charge on any atom is -0.482 e. The molecule has 0 aliphatic rings. The van der Waals surface area contributed by atoms with Crippen molar-refractivity contribution in [3.8, 4) is 16.9 Å². The van der Waals surface area contributed by atoms with Gasteiger partial charge in [-0.05, 0) is 35.4 Å². The van der Waals surface area contributed by atoms with E-state index in [2.05, 4.69) is 0 Å². The molecule has 0 atom stereocenters. The molecule has 0 spiro atoms. The van der Waals surface area contributed by atoms with Crippen LogP contribution in [0, 0.1) is 0 Å². The Morgan fingerprint density at radius 2 is 1.48 bits per heavy atom. The number of hydrogen-bond donors (Lipinski definition) is 0. The highest BCUT2D eigenvalue weighted by atomic mass is 35.5. The number of halogens is 1. The molecule has 27 heavy (non-hydrogen) atoms. The summed E-state index contributed by atoms with van der Waals surface area (Å²) in [6.45, 7) is -0.622. The van der Waals surface area contributed by atoms with Crippen molar-refractivity contribution in [1.82, 2.24) is 0 Å². The van der Waals surface area contributed by atoms with Crippen LogP contribution < -0.4 is 4.74 Å². The van der Waals surface area contributed by atoms with Gasteiger partial charge >= 0.3 is 5.97 Å². The maximum Gasteiger partial charge on any atom is 0.344 e. The smallest absolute Gasteiger partial charge is 0.344 e. The Bertz CT molecular complexity index is 921. The van der Waals surface area contributed by atoms with Crippen LogP contribution in [0.4, 0.5) is 0 Å². The predicted octanol–water partition coefficient (Wildman–Crippen LogP) is 4.81. The summed E-state index contributed by atoms with van der Waals surface area (Å²) in [6, 6.07) is 23.8. The summed E-state index contributed by atoms with van der Waals surface area (Å²) in [6.07, 6.45) is 0. The van der Waals surface area contributed by atoms with Crippen molar-refractivity contribution in [2.24, 2.45) is 0 Å². The summed E-state index contributed by atoms with van der Waals surface area (Å²) < 4.78 is 10.4. The van der Waals surface area contributed by atoms with E-state index in [-0.39, 0.29) is 19.0 Å². The summed E-state index contributed by atoms with van der Waals surface area (Å²) in [5, 5.41) is 0.453. The summed E-state index contributed by atoms with van der Waals surface area (Å²) >= 11 is 5.84. The Morgan fingerprint density at radius 3 is 2.19 bits per heavy atom. The molecule has 3 aromatic carbocycles. The molecule has 3 rings (SSSR count). The molecule has 5 heteroatoms. The first-order valence-electron chi connectivity index (χ1n) is 8.34. The van der Waals surface area contributed by atoms with E-state index < -0.39 is 5.97 Å². The van der Waals surface area contributed by atoms with Gasteiger partial charge in [-0.3, -0.25) is 4.79 Å². The van der Waals surface area contributed by atoms with E-state index in [0.717, 1.165) is 11.1 Å². The Kier molecular flexibility index (Phi) is 6.23. The number of benzene rings is 3. The van der Waals surface area contributed by atoms with Gasteiger partial charge in [0.1, 0.15) is 5.75 Å². The lowest BCUT2D eigenvalue weighted by Gasteiger charge is -2.08. The van der Waals surface area contributed by atoms with Gasteiger partial charge in [-0.1, -0.05) is 66.2 Å². The minimum atomic E-state index is -0.613. The second kappa shape index (κ2) is 9.01. The molecule has 0 fully saturated rings. The van der Waals surface area contributed by atoms with Gasteiger partial charge in [0.15, 0.2) is 19.0 Å². The molecule has 0 N–H and O–H groups in total. The van der Waals surface area contributed by atoms with Crippen LogP contribution >= 0.6 is 11.6 Å². The monoisotopic (exact) mass is 380 g/mol. The number of carbonyl (C=O) groups is 2. The highest BCUT2D eigenvalue weighted by molar-refractivity contribution is 6.31. The molecule has 3 aromatic rings. The van der Waals surface area contributed by atoms with Crippen molar-refractivity contribution in [2.45, 2.75) is 0 Å². The van der Waals surface area contributed by atoms with Gasteiger partial charge in [0.25, 0.3) is 0 Å². The van der Waals surface area contributed by atoms with Gasteiger partial charge in [0.2, 0.25) is 0 Å². The molecule has 0 aliphatic heterocycles. The van der Waals surface area contributed by atoms with Gasteiger partial charge in [0.05, 0.1) is 0 Å². The van der Waals surface area contributed by atoms with Crippen LogP contribution in [-0.4, -0.2) is 25.0 Å². The van der Waals surface area contributed by atoms with E-state index in [1.807, 2.05) is 42.5 Å². The van der Waals surface area contributed by atoms with Crippen molar-refractivity contribution in [3.05, 3.63) is 89.4 Å². The first-order chi connectivity index (χ1) is 13.1.